The van der Waals surface area contributed by atoms with Crippen LogP contribution in [0.4, 0.5) is 0 Å². The van der Waals surface area contributed by atoms with Gasteiger partial charge in [0.05, 0.1) is 0 Å². The molecule has 0 radical (unpaired) electrons. The van der Waals surface area contributed by atoms with Crippen LogP contribution in [0.15, 0.2) is 84.9 Å². The van der Waals surface area contributed by atoms with E-state index < -0.39 is 11.0 Å². The molecule has 29 heavy (non-hydrogen) atoms. The summed E-state index contributed by atoms with van der Waals surface area (Å²) in [5.74, 6) is -0.227. The average molecular weight is 488 g/mol. The molecule has 0 atom stereocenters. The Labute approximate surface area is 180 Å². The van der Waals surface area contributed by atoms with Crippen LogP contribution in [-0.2, 0) is 0 Å². The first kappa shape index (κ1) is 20.1. The molecule has 0 heterocycles. The Morgan fingerprint density at radius 1 is 0.586 bits per heavy atom. The van der Waals surface area contributed by atoms with E-state index in [0.717, 1.165) is 21.5 Å². The Bertz CT molecular complexity index is 1130. The molecule has 2 nitrogen and oxygen atoms in total. The summed E-state index contributed by atoms with van der Waals surface area (Å²) >= 11 is -3.33. The quantitative estimate of drug-likeness (QED) is 0.217. The maximum absolute atomic E-state index is 13.0. The van der Waals surface area contributed by atoms with E-state index in [9.17, 15) is 9.59 Å². The minimum absolute atomic E-state index is 0.0180. The molecule has 0 saturated heterocycles. The Kier molecular flexibility index (Phi) is 5.76. The number of hydrogen-bond acceptors (Lipinski definition) is 2. The fourth-order valence-corrected chi connectivity index (χ4v) is 8.06. The van der Waals surface area contributed by atoms with Crippen molar-refractivity contribution in [3.05, 3.63) is 96.1 Å². The summed E-state index contributed by atoms with van der Waals surface area (Å²) in [6, 6.07) is 26.6. The van der Waals surface area contributed by atoms with Gasteiger partial charge in [-0.2, -0.15) is 0 Å². The first-order chi connectivity index (χ1) is 13.9. The third kappa shape index (κ3) is 4.39. The van der Waals surface area contributed by atoms with Gasteiger partial charge in [-0.15, -0.1) is 0 Å². The van der Waals surface area contributed by atoms with Crippen LogP contribution in [0, 0.1) is 0 Å². The van der Waals surface area contributed by atoms with Gasteiger partial charge >= 0.3 is 181 Å². The summed E-state index contributed by atoms with van der Waals surface area (Å²) in [5.41, 5.74) is 1.20. The van der Waals surface area contributed by atoms with E-state index in [2.05, 4.69) is 0 Å². The molecular formula is C24H18Cl2O2Se. The number of fused-ring (bicyclic) bond motifs is 2. The van der Waals surface area contributed by atoms with E-state index >= 15 is 0 Å². The van der Waals surface area contributed by atoms with Crippen LogP contribution in [0.5, 0.6) is 0 Å². The summed E-state index contributed by atoms with van der Waals surface area (Å²) < 4.78 is 0. The normalized spacial score (nSPS) is 12.2. The van der Waals surface area contributed by atoms with Gasteiger partial charge in [-0.05, 0) is 0 Å². The van der Waals surface area contributed by atoms with E-state index in [0.29, 0.717) is 11.1 Å². The van der Waals surface area contributed by atoms with Crippen molar-refractivity contribution in [2.24, 2.45) is 0 Å². The molecule has 0 aromatic heterocycles. The van der Waals surface area contributed by atoms with Gasteiger partial charge in [-0.25, -0.2) is 0 Å². The second-order valence-corrected chi connectivity index (χ2v) is 18.0. The van der Waals surface area contributed by atoms with Crippen molar-refractivity contribution >= 4 is 64.3 Å². The molecule has 4 aromatic rings. The molecule has 0 spiro atoms. The molecule has 0 aliphatic rings. The van der Waals surface area contributed by atoms with Crippen LogP contribution in [0.1, 0.15) is 20.7 Å². The molecule has 0 amide bonds. The van der Waals surface area contributed by atoms with Crippen LogP contribution >= 0.6 is 20.2 Å². The Hall–Kier alpha value is -2.16. The number of ketones is 2. The van der Waals surface area contributed by atoms with Crippen LogP contribution in [0.3, 0.4) is 0 Å². The van der Waals surface area contributed by atoms with Crippen LogP contribution in [-0.4, -0.2) is 22.6 Å². The van der Waals surface area contributed by atoms with E-state index in [1.807, 2.05) is 72.8 Å². The number of benzene rings is 4. The molecule has 5 heteroatoms. The standard InChI is InChI=1S/C24H18Cl2O2Se/c25-29(26,15-23(27)21-13-5-9-17-7-1-3-11-19(17)21)16-24(28)22-14-6-10-18-8-2-4-12-20(18)22/h1-14H,15-16H2. The van der Waals surface area contributed by atoms with Gasteiger partial charge in [0.25, 0.3) is 0 Å². The van der Waals surface area contributed by atoms with Crippen molar-refractivity contribution in [1.82, 2.24) is 0 Å². The van der Waals surface area contributed by atoms with Gasteiger partial charge in [-0.3, -0.25) is 0 Å². The fraction of sp³-hybridized carbons (Fsp3) is 0.0833. The van der Waals surface area contributed by atoms with Crippen molar-refractivity contribution in [2.45, 2.75) is 10.6 Å². The number of Topliss-reactive ketones (excluding diaryl/α,β-unsaturated/α-hetero) is 2. The molecule has 146 valence electrons. The molecule has 0 N–H and O–H groups in total. The summed E-state index contributed by atoms with van der Waals surface area (Å²) in [6.45, 7) is 0. The topological polar surface area (TPSA) is 34.1 Å². The zero-order valence-electron chi connectivity index (χ0n) is 15.5. The van der Waals surface area contributed by atoms with E-state index in [1.165, 1.54) is 0 Å². The predicted molar refractivity (Wildman–Crippen MR) is 124 cm³/mol. The van der Waals surface area contributed by atoms with Gasteiger partial charge in [0, 0.05) is 0 Å². The third-order valence-corrected chi connectivity index (χ3v) is 10.0. The summed E-state index contributed by atoms with van der Waals surface area (Å²) in [7, 11) is 13.2. The summed E-state index contributed by atoms with van der Waals surface area (Å²) in [5, 5.41) is 3.77. The van der Waals surface area contributed by atoms with Gasteiger partial charge < -0.3 is 0 Å². The predicted octanol–water partition coefficient (Wildman–Crippen LogP) is 6.98. The number of rotatable bonds is 6. The van der Waals surface area contributed by atoms with Crippen molar-refractivity contribution < 1.29 is 9.59 Å². The average Bonchev–Trinajstić information content (AvgIpc) is 2.72. The fourth-order valence-electron chi connectivity index (χ4n) is 3.53. The summed E-state index contributed by atoms with van der Waals surface area (Å²) in [4.78, 5) is 25.9. The van der Waals surface area contributed by atoms with Crippen LogP contribution < -0.4 is 0 Å². The molecule has 0 bridgehead atoms. The Morgan fingerprint density at radius 2 is 0.966 bits per heavy atom. The van der Waals surface area contributed by atoms with E-state index in [-0.39, 0.29) is 22.2 Å². The molecule has 0 aliphatic carbocycles. The minimum atomic E-state index is -3.33. The van der Waals surface area contributed by atoms with Crippen molar-refractivity contribution in [3.8, 4) is 0 Å². The number of hydrogen-bond donors (Lipinski definition) is 0. The second-order valence-electron chi connectivity index (χ2n) is 6.89. The van der Waals surface area contributed by atoms with Gasteiger partial charge in [-0.1, -0.05) is 0 Å². The Morgan fingerprint density at radius 3 is 1.41 bits per heavy atom. The molecule has 0 aliphatic heterocycles. The number of carbonyl (C=O) groups is 2. The second kappa shape index (κ2) is 8.30. The third-order valence-electron chi connectivity index (χ3n) is 4.86. The molecule has 0 fully saturated rings. The first-order valence-electron chi connectivity index (χ1n) is 9.14. The number of carbonyl (C=O) groups excluding carboxylic acids is 2. The maximum atomic E-state index is 13.0. The van der Waals surface area contributed by atoms with Gasteiger partial charge in [0.15, 0.2) is 0 Å². The molecular weight excluding hydrogens is 470 g/mol. The van der Waals surface area contributed by atoms with Crippen LogP contribution in [0.2, 0.25) is 10.6 Å². The Balaban J connectivity index is 1.57. The molecule has 4 rings (SSSR count). The van der Waals surface area contributed by atoms with Gasteiger partial charge in [0.1, 0.15) is 0 Å². The molecule has 0 unspecified atom stereocenters. The van der Waals surface area contributed by atoms with E-state index in [1.54, 1.807) is 12.1 Å². The van der Waals surface area contributed by atoms with Crippen molar-refractivity contribution in [2.75, 3.05) is 0 Å². The molecule has 0 saturated carbocycles. The first-order valence-corrected chi connectivity index (χ1v) is 16.1. The zero-order valence-corrected chi connectivity index (χ0v) is 18.7. The number of halogens is 2. The van der Waals surface area contributed by atoms with Crippen LogP contribution in [0.25, 0.3) is 21.5 Å². The van der Waals surface area contributed by atoms with Gasteiger partial charge in [0.2, 0.25) is 0 Å². The zero-order chi connectivity index (χ0) is 20.4. The SMILES string of the molecule is O=C(C[Se](Cl)(Cl)CC(=O)c1cccc2ccccc12)c1cccc2ccccc12. The molecule has 4 aromatic carbocycles. The summed E-state index contributed by atoms with van der Waals surface area (Å²) in [6.07, 6.45) is 0. The monoisotopic (exact) mass is 488 g/mol. The van der Waals surface area contributed by atoms with Crippen molar-refractivity contribution in [3.63, 3.8) is 0 Å². The van der Waals surface area contributed by atoms with Crippen molar-refractivity contribution in [1.29, 1.82) is 0 Å². The van der Waals surface area contributed by atoms with E-state index in [4.69, 9.17) is 20.2 Å².